The third-order valence-corrected chi connectivity index (χ3v) is 5.77. The number of H-pyrrole nitrogens is 1. The number of anilines is 2. The zero-order valence-corrected chi connectivity index (χ0v) is 19.9. The molecule has 3 N–H and O–H groups in total. The lowest BCUT2D eigenvalue weighted by atomic mass is 10.2. The van der Waals surface area contributed by atoms with Crippen LogP contribution in [0.2, 0.25) is 0 Å². The van der Waals surface area contributed by atoms with Gasteiger partial charge in [-0.25, -0.2) is 9.78 Å². The number of hydrogen-bond donors (Lipinski definition) is 2. The van der Waals surface area contributed by atoms with Gasteiger partial charge in [-0.05, 0) is 5.56 Å². The fraction of sp³-hybridized carbons (Fsp3) is 0.304. The number of carbonyl (C=O) groups is 1. The van der Waals surface area contributed by atoms with Crippen molar-refractivity contribution >= 4 is 28.4 Å². The molecular weight excluding hydrogens is 468 g/mol. The summed E-state index contributed by atoms with van der Waals surface area (Å²) < 4.78 is 8.98. The van der Waals surface area contributed by atoms with Gasteiger partial charge in [0.1, 0.15) is 11.2 Å². The molecule has 0 saturated heterocycles. The molecule has 3 aromatic heterocycles. The van der Waals surface area contributed by atoms with Crippen molar-refractivity contribution in [2.75, 3.05) is 24.4 Å². The van der Waals surface area contributed by atoms with Crippen LogP contribution in [0.4, 0.5) is 11.5 Å². The number of hydrogen-bond acceptors (Lipinski definition) is 8. The number of methoxy groups -OCH3 is 1. The molecule has 4 rings (SSSR count). The third-order valence-electron chi connectivity index (χ3n) is 5.77. The molecule has 0 spiro atoms. The van der Waals surface area contributed by atoms with Gasteiger partial charge in [0.05, 0.1) is 32.2 Å². The zero-order valence-electron chi connectivity index (χ0n) is 19.9. The molecule has 0 bridgehead atoms. The Bertz CT molecular complexity index is 1570. The van der Waals surface area contributed by atoms with Gasteiger partial charge in [0, 0.05) is 27.1 Å². The van der Waals surface area contributed by atoms with Crippen LogP contribution in [0.15, 0.2) is 57.2 Å². The Labute approximate surface area is 204 Å². The molecule has 4 aromatic rings. The molecule has 1 amide bonds. The van der Waals surface area contributed by atoms with E-state index in [0.29, 0.717) is 11.0 Å². The molecule has 0 unspecified atom stereocenters. The first-order valence-electron chi connectivity index (χ1n) is 11.1. The quantitative estimate of drug-likeness (QED) is 0.324. The van der Waals surface area contributed by atoms with Crippen LogP contribution in [-0.4, -0.2) is 48.5 Å². The Hall–Kier alpha value is -4.52. The Morgan fingerprint density at radius 1 is 1.17 bits per heavy atom. The number of fused-ring (bicyclic) bond motifs is 1. The molecule has 0 saturated carbocycles. The Morgan fingerprint density at radius 3 is 2.64 bits per heavy atom. The smallest absolute Gasteiger partial charge is 0.330 e. The van der Waals surface area contributed by atoms with Gasteiger partial charge in [-0.15, -0.1) is 0 Å². The largest absolute Gasteiger partial charge is 0.383 e. The minimum atomic E-state index is -0.786. The number of benzene rings is 1. The maximum Gasteiger partial charge on any atom is 0.330 e. The van der Waals surface area contributed by atoms with Crippen LogP contribution in [0.5, 0.6) is 0 Å². The molecule has 36 heavy (non-hydrogen) atoms. The summed E-state index contributed by atoms with van der Waals surface area (Å²) in [6, 6.07) is 9.04. The van der Waals surface area contributed by atoms with Crippen LogP contribution in [0, 0.1) is 0 Å². The maximum absolute atomic E-state index is 13.5. The molecule has 13 nitrogen and oxygen atoms in total. The molecule has 3 heterocycles. The standard InChI is InChI=1S/C23H26N8O5/c1-28-20-16(12-26-28)22(34)29(14-25-20)9-8-17(32)31(13-15-6-4-3-5-7-15)18-19(24)30(10-11-36-2)23(35)27-21(18)33/h3-7,12,14H,8-11,13,24H2,1-2H3,(H,27,33,35). The highest BCUT2D eigenvalue weighted by Gasteiger charge is 2.25. The zero-order chi connectivity index (χ0) is 25.8. The van der Waals surface area contributed by atoms with Crippen molar-refractivity contribution in [1.29, 1.82) is 0 Å². The van der Waals surface area contributed by atoms with Gasteiger partial charge >= 0.3 is 5.69 Å². The first-order valence-corrected chi connectivity index (χ1v) is 11.1. The van der Waals surface area contributed by atoms with Crippen molar-refractivity contribution in [3.05, 3.63) is 79.6 Å². The predicted octanol–water partition coefficient (Wildman–Crippen LogP) is -0.168. The topological polar surface area (TPSA) is 163 Å². The van der Waals surface area contributed by atoms with Crippen molar-refractivity contribution in [2.45, 2.75) is 26.1 Å². The van der Waals surface area contributed by atoms with Crippen molar-refractivity contribution in [3.63, 3.8) is 0 Å². The summed E-state index contributed by atoms with van der Waals surface area (Å²) in [5.41, 5.74) is 5.45. The Morgan fingerprint density at radius 2 is 1.92 bits per heavy atom. The number of amides is 1. The lowest BCUT2D eigenvalue weighted by molar-refractivity contribution is -0.119. The summed E-state index contributed by atoms with van der Waals surface area (Å²) in [4.78, 5) is 59.2. The highest BCUT2D eigenvalue weighted by Crippen LogP contribution is 2.21. The monoisotopic (exact) mass is 494 g/mol. The van der Waals surface area contributed by atoms with Gasteiger partial charge < -0.3 is 15.4 Å². The molecule has 1 aromatic carbocycles. The van der Waals surface area contributed by atoms with Gasteiger partial charge in [0.2, 0.25) is 5.91 Å². The molecule has 13 heteroatoms. The number of nitrogens with zero attached hydrogens (tertiary/aromatic N) is 6. The number of carbonyl (C=O) groups excluding carboxylic acids is 1. The van der Waals surface area contributed by atoms with Crippen LogP contribution < -0.4 is 27.4 Å². The van der Waals surface area contributed by atoms with Crippen LogP contribution in [-0.2, 0) is 36.2 Å². The number of ether oxygens (including phenoxy) is 1. The van der Waals surface area contributed by atoms with E-state index >= 15 is 0 Å². The number of nitrogen functional groups attached to an aromatic ring is 1. The van der Waals surface area contributed by atoms with Crippen molar-refractivity contribution in [1.82, 2.24) is 28.9 Å². The van der Waals surface area contributed by atoms with Crippen LogP contribution in [0.25, 0.3) is 11.0 Å². The van der Waals surface area contributed by atoms with Crippen molar-refractivity contribution in [2.24, 2.45) is 7.05 Å². The molecule has 0 aliphatic carbocycles. The second kappa shape index (κ2) is 10.4. The van der Waals surface area contributed by atoms with E-state index in [2.05, 4.69) is 15.1 Å². The second-order valence-corrected chi connectivity index (χ2v) is 8.10. The van der Waals surface area contributed by atoms with E-state index in [-0.39, 0.29) is 49.7 Å². The summed E-state index contributed by atoms with van der Waals surface area (Å²) in [7, 11) is 3.15. The SMILES string of the molecule is COCCn1c(N)c(N(Cc2ccccc2)C(=O)CCn2cnc3c(cnn3C)c2=O)c(=O)[nH]c1=O. The van der Waals surface area contributed by atoms with E-state index in [1.54, 1.807) is 31.3 Å². The van der Waals surface area contributed by atoms with Crippen LogP contribution >= 0.6 is 0 Å². The average Bonchev–Trinajstić information content (AvgIpc) is 3.24. The van der Waals surface area contributed by atoms with E-state index in [9.17, 15) is 19.2 Å². The van der Waals surface area contributed by atoms with Gasteiger partial charge in [0.15, 0.2) is 11.3 Å². The van der Waals surface area contributed by atoms with Gasteiger partial charge in [-0.3, -0.25) is 33.2 Å². The van der Waals surface area contributed by atoms with E-state index in [0.717, 1.165) is 10.1 Å². The summed E-state index contributed by atoms with van der Waals surface area (Å²) in [5.74, 6) is -0.619. The first kappa shape index (κ1) is 24.6. The van der Waals surface area contributed by atoms with Crippen molar-refractivity contribution in [3.8, 4) is 0 Å². The second-order valence-electron chi connectivity index (χ2n) is 8.10. The molecule has 188 valence electrons. The number of aryl methyl sites for hydroxylation is 2. The fourth-order valence-corrected chi connectivity index (χ4v) is 3.88. The number of nitrogens with two attached hydrogens (primary N) is 1. The Kier molecular flexibility index (Phi) is 7.10. The lowest BCUT2D eigenvalue weighted by Gasteiger charge is -2.25. The van der Waals surface area contributed by atoms with Crippen molar-refractivity contribution < 1.29 is 9.53 Å². The molecule has 0 atom stereocenters. The number of rotatable bonds is 9. The third kappa shape index (κ3) is 4.81. The van der Waals surface area contributed by atoms with Gasteiger partial charge in [0.25, 0.3) is 11.1 Å². The summed E-state index contributed by atoms with van der Waals surface area (Å²) in [6.45, 7) is 0.311. The van der Waals surface area contributed by atoms with Gasteiger partial charge in [-0.2, -0.15) is 5.10 Å². The number of aromatic nitrogens is 6. The molecule has 0 aliphatic heterocycles. The number of nitrogens with one attached hydrogen (secondary N) is 1. The summed E-state index contributed by atoms with van der Waals surface area (Å²) in [6.07, 6.45) is 2.65. The average molecular weight is 495 g/mol. The van der Waals surface area contributed by atoms with Crippen LogP contribution in [0.1, 0.15) is 12.0 Å². The van der Waals surface area contributed by atoms with E-state index in [4.69, 9.17) is 10.5 Å². The molecule has 0 aliphatic rings. The Balaban J connectivity index is 1.69. The first-order chi connectivity index (χ1) is 17.3. The molecule has 0 radical (unpaired) electrons. The highest BCUT2D eigenvalue weighted by molar-refractivity contribution is 5.95. The summed E-state index contributed by atoms with van der Waals surface area (Å²) in [5, 5.41) is 4.37. The normalized spacial score (nSPS) is 11.2. The van der Waals surface area contributed by atoms with E-state index in [1.165, 1.54) is 33.8 Å². The number of aromatic amines is 1. The minimum Gasteiger partial charge on any atom is -0.383 e. The van der Waals surface area contributed by atoms with Gasteiger partial charge in [-0.1, -0.05) is 30.3 Å². The summed E-state index contributed by atoms with van der Waals surface area (Å²) >= 11 is 0. The molecule has 0 fully saturated rings. The lowest BCUT2D eigenvalue weighted by Crippen LogP contribution is -2.41. The molecular formula is C23H26N8O5. The predicted molar refractivity (Wildman–Crippen MR) is 133 cm³/mol. The highest BCUT2D eigenvalue weighted by atomic mass is 16.5. The van der Waals surface area contributed by atoms with Crippen LogP contribution in [0.3, 0.4) is 0 Å². The van der Waals surface area contributed by atoms with E-state index in [1.807, 2.05) is 6.07 Å². The maximum atomic E-state index is 13.5. The fourth-order valence-electron chi connectivity index (χ4n) is 3.88. The van der Waals surface area contributed by atoms with E-state index < -0.39 is 17.2 Å². The minimum absolute atomic E-state index is 0.0158.